The summed E-state index contributed by atoms with van der Waals surface area (Å²) in [6.45, 7) is 5.96. The Hall–Kier alpha value is -1.55. The zero-order valence-electron chi connectivity index (χ0n) is 10.2. The van der Waals surface area contributed by atoms with Gasteiger partial charge in [0.15, 0.2) is 0 Å². The van der Waals surface area contributed by atoms with E-state index in [1.54, 1.807) is 11.3 Å². The molecule has 90 valence electrons. The summed E-state index contributed by atoms with van der Waals surface area (Å²) >= 11 is 1.69. The molecule has 0 saturated heterocycles. The van der Waals surface area contributed by atoms with Crippen LogP contribution in [0.5, 0.6) is 0 Å². The van der Waals surface area contributed by atoms with Crippen LogP contribution in [0, 0.1) is 6.92 Å². The predicted octanol–water partition coefficient (Wildman–Crippen LogP) is 3.06. The van der Waals surface area contributed by atoms with Crippen LogP contribution in [-0.4, -0.2) is 11.5 Å². The van der Waals surface area contributed by atoms with Crippen LogP contribution in [-0.2, 0) is 6.54 Å². The summed E-state index contributed by atoms with van der Waals surface area (Å²) in [6, 6.07) is 7.98. The molecular weight excluding hydrogens is 230 g/mol. The van der Waals surface area contributed by atoms with Gasteiger partial charge in [-0.3, -0.25) is 0 Å². The van der Waals surface area contributed by atoms with Crippen LogP contribution >= 0.6 is 11.3 Å². The average molecular weight is 247 g/mol. The molecule has 0 radical (unpaired) electrons. The zero-order chi connectivity index (χ0) is 12.3. The van der Waals surface area contributed by atoms with Gasteiger partial charge in [-0.25, -0.2) is 4.98 Å². The molecule has 0 amide bonds. The van der Waals surface area contributed by atoms with Gasteiger partial charge >= 0.3 is 0 Å². The second-order valence-electron chi connectivity index (χ2n) is 3.97. The topological polar surface area (TPSA) is 42.2 Å². The van der Waals surface area contributed by atoms with Crippen molar-refractivity contribution in [2.45, 2.75) is 20.4 Å². The molecule has 0 fully saturated rings. The highest BCUT2D eigenvalue weighted by Gasteiger charge is 2.07. The van der Waals surface area contributed by atoms with E-state index in [4.69, 9.17) is 5.73 Å². The maximum absolute atomic E-state index is 5.81. The number of nitrogens with zero attached hydrogens (tertiary/aromatic N) is 2. The van der Waals surface area contributed by atoms with E-state index in [0.717, 1.165) is 35.2 Å². The third kappa shape index (κ3) is 2.97. The first-order chi connectivity index (χ1) is 8.19. The zero-order valence-corrected chi connectivity index (χ0v) is 11.0. The van der Waals surface area contributed by atoms with E-state index in [2.05, 4.69) is 28.3 Å². The fourth-order valence-electron chi connectivity index (χ4n) is 1.78. The Kier molecular flexibility index (Phi) is 3.64. The van der Waals surface area contributed by atoms with Crippen molar-refractivity contribution in [1.82, 2.24) is 4.98 Å². The Balaban J connectivity index is 2.16. The number of aromatic nitrogens is 1. The number of rotatable bonds is 4. The standard InChI is InChI=1S/C13H17N3S/c1-3-16(8-12-9-17-10(2)15-12)13-6-4-5-11(14)7-13/h4-7,9H,3,8,14H2,1-2H3. The highest BCUT2D eigenvalue weighted by molar-refractivity contribution is 7.09. The van der Waals surface area contributed by atoms with Crippen molar-refractivity contribution >= 4 is 22.7 Å². The minimum atomic E-state index is 0.801. The number of hydrogen-bond acceptors (Lipinski definition) is 4. The maximum Gasteiger partial charge on any atom is 0.0898 e. The van der Waals surface area contributed by atoms with Gasteiger partial charge in [-0.05, 0) is 32.0 Å². The molecule has 2 rings (SSSR count). The molecule has 2 N–H and O–H groups in total. The summed E-state index contributed by atoms with van der Waals surface area (Å²) in [6.07, 6.45) is 0. The van der Waals surface area contributed by atoms with Crippen molar-refractivity contribution in [1.29, 1.82) is 0 Å². The van der Waals surface area contributed by atoms with Gasteiger partial charge in [0.1, 0.15) is 0 Å². The molecule has 1 aromatic carbocycles. The van der Waals surface area contributed by atoms with E-state index in [1.165, 1.54) is 0 Å². The number of nitrogen functional groups attached to an aromatic ring is 1. The summed E-state index contributed by atoms with van der Waals surface area (Å²) in [5.41, 5.74) is 8.88. The molecule has 1 heterocycles. The van der Waals surface area contributed by atoms with Gasteiger partial charge in [-0.1, -0.05) is 6.07 Å². The van der Waals surface area contributed by atoms with E-state index in [0.29, 0.717) is 0 Å². The molecule has 0 aliphatic carbocycles. The maximum atomic E-state index is 5.81. The van der Waals surface area contributed by atoms with E-state index in [9.17, 15) is 0 Å². The van der Waals surface area contributed by atoms with E-state index < -0.39 is 0 Å². The lowest BCUT2D eigenvalue weighted by Gasteiger charge is -2.22. The third-order valence-corrected chi connectivity index (χ3v) is 3.46. The van der Waals surface area contributed by atoms with Crippen LogP contribution in [0.4, 0.5) is 11.4 Å². The monoisotopic (exact) mass is 247 g/mol. The summed E-state index contributed by atoms with van der Waals surface area (Å²) < 4.78 is 0. The Morgan fingerprint density at radius 3 is 2.82 bits per heavy atom. The first-order valence-corrected chi connectivity index (χ1v) is 6.58. The first-order valence-electron chi connectivity index (χ1n) is 5.70. The quantitative estimate of drug-likeness (QED) is 0.844. The fourth-order valence-corrected chi connectivity index (χ4v) is 2.39. The van der Waals surface area contributed by atoms with E-state index in [-0.39, 0.29) is 0 Å². The molecule has 0 bridgehead atoms. The lowest BCUT2D eigenvalue weighted by molar-refractivity contribution is 0.813. The second kappa shape index (κ2) is 5.19. The normalized spacial score (nSPS) is 10.5. The van der Waals surface area contributed by atoms with Crippen LogP contribution in [0.25, 0.3) is 0 Å². The highest BCUT2D eigenvalue weighted by atomic mass is 32.1. The molecule has 1 aromatic heterocycles. The molecule has 3 nitrogen and oxygen atoms in total. The van der Waals surface area contributed by atoms with Crippen LogP contribution in [0.1, 0.15) is 17.6 Å². The van der Waals surface area contributed by atoms with Crippen molar-refractivity contribution < 1.29 is 0 Å². The van der Waals surface area contributed by atoms with Crippen LogP contribution in [0.2, 0.25) is 0 Å². The molecule has 0 saturated carbocycles. The van der Waals surface area contributed by atoms with Gasteiger partial charge in [0.2, 0.25) is 0 Å². The smallest absolute Gasteiger partial charge is 0.0898 e. The fraction of sp³-hybridized carbons (Fsp3) is 0.308. The van der Waals surface area contributed by atoms with E-state index >= 15 is 0 Å². The number of nitrogens with two attached hydrogens (primary N) is 1. The van der Waals surface area contributed by atoms with Crippen molar-refractivity contribution in [3.8, 4) is 0 Å². The molecule has 2 aromatic rings. The molecule has 0 unspecified atom stereocenters. The second-order valence-corrected chi connectivity index (χ2v) is 5.03. The minimum absolute atomic E-state index is 0.801. The van der Waals surface area contributed by atoms with Crippen LogP contribution in [0.3, 0.4) is 0 Å². The lowest BCUT2D eigenvalue weighted by Crippen LogP contribution is -2.22. The van der Waals surface area contributed by atoms with Crippen molar-refractivity contribution in [3.05, 3.63) is 40.3 Å². The van der Waals surface area contributed by atoms with Crippen molar-refractivity contribution in [2.75, 3.05) is 17.2 Å². The minimum Gasteiger partial charge on any atom is -0.399 e. The summed E-state index contributed by atoms with van der Waals surface area (Å²) in [5, 5.41) is 3.23. The van der Waals surface area contributed by atoms with Crippen molar-refractivity contribution in [3.63, 3.8) is 0 Å². The van der Waals surface area contributed by atoms with Gasteiger partial charge < -0.3 is 10.6 Å². The van der Waals surface area contributed by atoms with Gasteiger partial charge in [-0.2, -0.15) is 0 Å². The molecule has 0 atom stereocenters. The molecule has 17 heavy (non-hydrogen) atoms. The number of benzene rings is 1. The van der Waals surface area contributed by atoms with Gasteiger partial charge in [0, 0.05) is 23.3 Å². The number of thiazole rings is 1. The number of anilines is 2. The molecule has 4 heteroatoms. The average Bonchev–Trinajstić information content (AvgIpc) is 2.72. The van der Waals surface area contributed by atoms with Gasteiger partial charge in [0.05, 0.1) is 17.2 Å². The largest absolute Gasteiger partial charge is 0.399 e. The predicted molar refractivity (Wildman–Crippen MR) is 74.4 cm³/mol. The lowest BCUT2D eigenvalue weighted by atomic mass is 10.2. The van der Waals surface area contributed by atoms with Gasteiger partial charge in [-0.15, -0.1) is 11.3 Å². The van der Waals surface area contributed by atoms with Crippen molar-refractivity contribution in [2.24, 2.45) is 0 Å². The Morgan fingerprint density at radius 1 is 1.41 bits per heavy atom. The van der Waals surface area contributed by atoms with E-state index in [1.807, 2.05) is 25.1 Å². The van der Waals surface area contributed by atoms with Crippen LogP contribution in [0.15, 0.2) is 29.6 Å². The third-order valence-electron chi connectivity index (χ3n) is 2.64. The van der Waals surface area contributed by atoms with Crippen LogP contribution < -0.4 is 10.6 Å². The Labute approximate surface area is 106 Å². The number of hydrogen-bond donors (Lipinski definition) is 1. The molecular formula is C13H17N3S. The number of aryl methyl sites for hydroxylation is 1. The first kappa shape index (κ1) is 11.9. The highest BCUT2D eigenvalue weighted by Crippen LogP contribution is 2.20. The summed E-state index contributed by atoms with van der Waals surface area (Å²) in [7, 11) is 0. The molecule has 0 aliphatic rings. The summed E-state index contributed by atoms with van der Waals surface area (Å²) in [4.78, 5) is 6.76. The summed E-state index contributed by atoms with van der Waals surface area (Å²) in [5.74, 6) is 0. The SMILES string of the molecule is CCN(Cc1csc(C)n1)c1cccc(N)c1. The molecule has 0 aliphatic heterocycles. The Morgan fingerprint density at radius 2 is 2.24 bits per heavy atom. The molecule has 0 spiro atoms. The van der Waals surface area contributed by atoms with Gasteiger partial charge in [0.25, 0.3) is 0 Å². The Bertz CT molecular complexity index is 493.